The van der Waals surface area contributed by atoms with E-state index in [1.165, 1.54) is 38.5 Å². The van der Waals surface area contributed by atoms with E-state index in [9.17, 15) is 4.79 Å². The summed E-state index contributed by atoms with van der Waals surface area (Å²) in [5.74, 6) is 0.255. The van der Waals surface area contributed by atoms with Crippen molar-refractivity contribution in [1.29, 1.82) is 0 Å². The van der Waals surface area contributed by atoms with Crippen LogP contribution in [-0.4, -0.2) is 5.78 Å². The van der Waals surface area contributed by atoms with Crippen molar-refractivity contribution in [2.24, 2.45) is 0 Å². The molecule has 1 saturated carbocycles. The Bertz CT molecular complexity index is 81.5. The summed E-state index contributed by atoms with van der Waals surface area (Å²) >= 11 is 0. The van der Waals surface area contributed by atoms with Gasteiger partial charge in [-0.15, -0.1) is 0 Å². The molecule has 0 N–H and O–H groups in total. The van der Waals surface area contributed by atoms with Crippen molar-refractivity contribution >= 4 is 5.78 Å². The summed E-state index contributed by atoms with van der Waals surface area (Å²) in [6, 6.07) is 0. The first-order chi connectivity index (χ1) is 5.27. The molecule has 1 heteroatoms. The van der Waals surface area contributed by atoms with Crippen LogP contribution < -0.4 is 0 Å². The minimum absolute atomic E-state index is 0.255. The predicted molar refractivity (Wildman–Crippen MR) is 48.7 cm³/mol. The van der Waals surface area contributed by atoms with Gasteiger partial charge in [0.25, 0.3) is 0 Å². The average molecular weight is 156 g/mol. The summed E-state index contributed by atoms with van der Waals surface area (Å²) in [6.07, 6.45) is 9.67. The molecule has 1 aliphatic rings. The lowest BCUT2D eigenvalue weighted by Gasteiger charge is -2.05. The van der Waals surface area contributed by atoms with Gasteiger partial charge < -0.3 is 4.79 Å². The molecule has 0 radical (unpaired) electrons. The highest BCUT2D eigenvalue weighted by molar-refractivity contribution is 5.74. The monoisotopic (exact) mass is 156 g/mol. The first kappa shape index (κ1) is 10.7. The smallest absolute Gasteiger partial charge is 0.129 e. The van der Waals surface area contributed by atoms with E-state index in [0.717, 1.165) is 0 Å². The lowest BCUT2D eigenvalue weighted by atomic mass is 10.0. The van der Waals surface area contributed by atoms with Gasteiger partial charge in [-0.2, -0.15) is 0 Å². The molecule has 0 spiro atoms. The van der Waals surface area contributed by atoms with Crippen LogP contribution in [0.3, 0.4) is 0 Å². The van der Waals surface area contributed by atoms with Crippen molar-refractivity contribution in [3.05, 3.63) is 0 Å². The van der Waals surface area contributed by atoms with E-state index in [2.05, 4.69) is 0 Å². The summed E-state index contributed by atoms with van der Waals surface area (Å²) < 4.78 is 0. The van der Waals surface area contributed by atoms with Gasteiger partial charge in [-0.1, -0.05) is 45.4 Å². The molecule has 0 aromatic heterocycles. The van der Waals surface area contributed by atoms with E-state index in [1.807, 2.05) is 6.92 Å². The highest BCUT2D eigenvalue weighted by Crippen LogP contribution is 2.15. The number of Topliss-reactive ketones (excluding diaryl/α,β-unsaturated/α-hetero) is 1. The SMILES string of the molecule is C1CCCCC1.CCC(C)=O. The normalized spacial score (nSPS) is 16.5. The summed E-state index contributed by atoms with van der Waals surface area (Å²) in [5.41, 5.74) is 0. The van der Waals surface area contributed by atoms with Crippen LogP contribution in [0.2, 0.25) is 0 Å². The van der Waals surface area contributed by atoms with Crippen LogP contribution in [-0.2, 0) is 4.79 Å². The van der Waals surface area contributed by atoms with Gasteiger partial charge in [0.1, 0.15) is 5.78 Å². The average Bonchev–Trinajstić information content (AvgIpc) is 2.09. The Morgan fingerprint density at radius 3 is 1.27 bits per heavy atom. The molecule has 1 rings (SSSR count). The Morgan fingerprint density at radius 2 is 1.18 bits per heavy atom. The van der Waals surface area contributed by atoms with E-state index in [1.54, 1.807) is 6.92 Å². The molecule has 66 valence electrons. The molecule has 0 unspecified atom stereocenters. The number of carbonyl (C=O) groups excluding carboxylic acids is 1. The topological polar surface area (TPSA) is 17.1 Å². The molecule has 11 heavy (non-hydrogen) atoms. The third-order valence-corrected chi connectivity index (χ3v) is 2.00. The van der Waals surface area contributed by atoms with Crippen LogP contribution in [0, 0.1) is 0 Å². The third kappa shape index (κ3) is 9.67. The van der Waals surface area contributed by atoms with Crippen LogP contribution in [0.5, 0.6) is 0 Å². The van der Waals surface area contributed by atoms with Crippen LogP contribution in [0.15, 0.2) is 0 Å². The lowest BCUT2D eigenvalue weighted by Crippen LogP contribution is -1.85. The van der Waals surface area contributed by atoms with E-state index >= 15 is 0 Å². The summed E-state index contributed by atoms with van der Waals surface area (Å²) in [7, 11) is 0. The fourth-order valence-corrected chi connectivity index (χ4v) is 1.06. The van der Waals surface area contributed by atoms with Gasteiger partial charge in [-0.3, -0.25) is 0 Å². The maximum atomic E-state index is 9.81. The number of hydrogen-bond donors (Lipinski definition) is 0. The molecule has 0 heterocycles. The van der Waals surface area contributed by atoms with Gasteiger partial charge in [0, 0.05) is 6.42 Å². The molecule has 0 atom stereocenters. The zero-order valence-electron chi connectivity index (χ0n) is 7.86. The van der Waals surface area contributed by atoms with E-state index < -0.39 is 0 Å². The third-order valence-electron chi connectivity index (χ3n) is 2.00. The second-order valence-electron chi connectivity index (χ2n) is 3.18. The van der Waals surface area contributed by atoms with Gasteiger partial charge >= 0.3 is 0 Å². The molecular formula is C10H20O. The van der Waals surface area contributed by atoms with Gasteiger partial charge in [0.15, 0.2) is 0 Å². The molecule has 0 saturated heterocycles. The minimum Gasteiger partial charge on any atom is -0.300 e. The molecule has 0 amide bonds. The highest BCUT2D eigenvalue weighted by atomic mass is 16.1. The van der Waals surface area contributed by atoms with Crippen LogP contribution in [0.4, 0.5) is 0 Å². The standard InChI is InChI=1S/C6H12.C4H8O/c1-2-4-6-5-3-1;1-3-4(2)5/h1-6H2;3H2,1-2H3. The van der Waals surface area contributed by atoms with Crippen molar-refractivity contribution in [2.45, 2.75) is 58.8 Å². The molecule has 1 fully saturated rings. The van der Waals surface area contributed by atoms with Gasteiger partial charge in [-0.05, 0) is 6.92 Å². The van der Waals surface area contributed by atoms with E-state index in [4.69, 9.17) is 0 Å². The Balaban J connectivity index is 0.000000187. The zero-order chi connectivity index (χ0) is 8.53. The second kappa shape index (κ2) is 7.77. The van der Waals surface area contributed by atoms with Crippen LogP contribution >= 0.6 is 0 Å². The van der Waals surface area contributed by atoms with E-state index in [0.29, 0.717) is 6.42 Å². The number of ketones is 1. The molecule has 1 nitrogen and oxygen atoms in total. The summed E-state index contributed by atoms with van der Waals surface area (Å²) in [6.45, 7) is 3.43. The van der Waals surface area contributed by atoms with Crippen molar-refractivity contribution in [2.75, 3.05) is 0 Å². The first-order valence-electron chi connectivity index (χ1n) is 4.76. The zero-order valence-corrected chi connectivity index (χ0v) is 7.86. The van der Waals surface area contributed by atoms with Gasteiger partial charge in [0.2, 0.25) is 0 Å². The lowest BCUT2D eigenvalue weighted by molar-refractivity contribution is -0.116. The molecular weight excluding hydrogens is 136 g/mol. The Labute approximate surface area is 70.2 Å². The molecule has 1 aliphatic carbocycles. The first-order valence-corrected chi connectivity index (χ1v) is 4.76. The van der Waals surface area contributed by atoms with Crippen molar-refractivity contribution < 1.29 is 4.79 Å². The summed E-state index contributed by atoms with van der Waals surface area (Å²) in [4.78, 5) is 9.81. The Morgan fingerprint density at radius 1 is 1.00 bits per heavy atom. The van der Waals surface area contributed by atoms with Crippen molar-refractivity contribution in [3.63, 3.8) is 0 Å². The maximum absolute atomic E-state index is 9.81. The summed E-state index contributed by atoms with van der Waals surface area (Å²) in [5, 5.41) is 0. The molecule has 0 bridgehead atoms. The van der Waals surface area contributed by atoms with Crippen molar-refractivity contribution in [3.8, 4) is 0 Å². The fraction of sp³-hybridized carbons (Fsp3) is 0.900. The molecule has 0 aliphatic heterocycles. The molecule has 0 aromatic carbocycles. The quantitative estimate of drug-likeness (QED) is 0.569. The van der Waals surface area contributed by atoms with Crippen LogP contribution in [0.1, 0.15) is 58.8 Å². The largest absolute Gasteiger partial charge is 0.300 e. The van der Waals surface area contributed by atoms with Crippen molar-refractivity contribution in [1.82, 2.24) is 0 Å². The fourth-order valence-electron chi connectivity index (χ4n) is 1.06. The number of hydrogen-bond acceptors (Lipinski definition) is 1. The predicted octanol–water partition coefficient (Wildman–Crippen LogP) is 3.33. The maximum Gasteiger partial charge on any atom is 0.129 e. The molecule has 0 aromatic rings. The minimum atomic E-state index is 0.255. The Hall–Kier alpha value is -0.330. The number of rotatable bonds is 1. The number of carbonyl (C=O) groups is 1. The van der Waals surface area contributed by atoms with Gasteiger partial charge in [0.05, 0.1) is 0 Å². The van der Waals surface area contributed by atoms with Gasteiger partial charge in [-0.25, -0.2) is 0 Å². The van der Waals surface area contributed by atoms with E-state index in [-0.39, 0.29) is 5.78 Å². The Kier molecular flexibility index (Phi) is 7.54. The van der Waals surface area contributed by atoms with Crippen LogP contribution in [0.25, 0.3) is 0 Å². The second-order valence-corrected chi connectivity index (χ2v) is 3.18. The highest BCUT2D eigenvalue weighted by Gasteiger charge is 1.95.